The number of benzene rings is 2. The van der Waals surface area contributed by atoms with Crippen LogP contribution in [0.3, 0.4) is 0 Å². The average Bonchev–Trinajstić information content (AvgIpc) is 3.23. The maximum atomic E-state index is 12.2. The number of rotatable bonds is 10. The summed E-state index contributed by atoms with van der Waals surface area (Å²) >= 11 is 2.72. The van der Waals surface area contributed by atoms with E-state index in [1.807, 2.05) is 42.5 Å². The molecule has 2 aromatic carbocycles. The second-order valence-corrected chi connectivity index (χ2v) is 8.18. The first-order valence-corrected chi connectivity index (χ1v) is 10.8. The topological polar surface area (TPSA) is 94.6 Å². The van der Waals surface area contributed by atoms with E-state index >= 15 is 0 Å². The maximum absolute atomic E-state index is 12.2. The zero-order valence-corrected chi connectivity index (χ0v) is 18.4. The molecule has 0 spiro atoms. The molecule has 0 radical (unpaired) electrons. The lowest BCUT2D eigenvalue weighted by atomic mass is 10.2. The first kappa shape index (κ1) is 21.7. The number of anilines is 2. The Morgan fingerprint density at radius 3 is 2.63 bits per heavy atom. The van der Waals surface area contributed by atoms with Crippen LogP contribution in [-0.4, -0.2) is 43.2 Å². The number of methoxy groups -OCH3 is 3. The van der Waals surface area contributed by atoms with Gasteiger partial charge < -0.3 is 24.8 Å². The third-order valence-electron chi connectivity index (χ3n) is 3.99. The monoisotopic (exact) mass is 446 g/mol. The highest BCUT2D eigenvalue weighted by molar-refractivity contribution is 8.01. The molecule has 0 saturated carbocycles. The second kappa shape index (κ2) is 10.7. The Bertz CT molecular complexity index is 996. The first-order valence-electron chi connectivity index (χ1n) is 8.96. The van der Waals surface area contributed by atoms with E-state index < -0.39 is 0 Å². The standard InChI is InChI=1S/C20H22N4O4S2/c1-26-15-6-4-5-14(10-15)22-19-23-24-20(30-19)29-12-18(25)21-11-13-7-8-16(27-2)17(9-13)28-3/h4-10H,11-12H2,1-3H3,(H,21,25)(H,22,23). The number of nitrogens with zero attached hydrogens (tertiary/aromatic N) is 2. The van der Waals surface area contributed by atoms with Crippen molar-refractivity contribution in [2.75, 3.05) is 32.4 Å². The van der Waals surface area contributed by atoms with Gasteiger partial charge in [-0.2, -0.15) is 0 Å². The molecule has 0 saturated heterocycles. The van der Waals surface area contributed by atoms with Gasteiger partial charge in [0.25, 0.3) is 0 Å². The summed E-state index contributed by atoms with van der Waals surface area (Å²) in [6.07, 6.45) is 0. The van der Waals surface area contributed by atoms with Crippen molar-refractivity contribution >= 4 is 39.8 Å². The predicted octanol–water partition coefficient (Wildman–Crippen LogP) is 3.72. The number of aromatic nitrogens is 2. The molecule has 1 aromatic heterocycles. The molecule has 0 aliphatic heterocycles. The predicted molar refractivity (Wildman–Crippen MR) is 118 cm³/mol. The SMILES string of the molecule is COc1cccc(Nc2nnc(SCC(=O)NCc3ccc(OC)c(OC)c3)s2)c1. The fraction of sp³-hybridized carbons (Fsp3) is 0.250. The van der Waals surface area contributed by atoms with Crippen LogP contribution in [0, 0.1) is 0 Å². The summed E-state index contributed by atoms with van der Waals surface area (Å²) in [5.41, 5.74) is 1.78. The van der Waals surface area contributed by atoms with Gasteiger partial charge in [-0.25, -0.2) is 0 Å². The molecular formula is C20H22N4O4S2. The Morgan fingerprint density at radius 2 is 1.87 bits per heavy atom. The molecule has 30 heavy (non-hydrogen) atoms. The minimum absolute atomic E-state index is 0.0905. The maximum Gasteiger partial charge on any atom is 0.230 e. The van der Waals surface area contributed by atoms with Gasteiger partial charge in [-0.05, 0) is 29.8 Å². The molecule has 3 aromatic rings. The smallest absolute Gasteiger partial charge is 0.230 e. The normalized spacial score (nSPS) is 10.4. The lowest BCUT2D eigenvalue weighted by Gasteiger charge is -2.10. The Balaban J connectivity index is 1.47. The van der Waals surface area contributed by atoms with Crippen molar-refractivity contribution in [2.24, 2.45) is 0 Å². The molecule has 1 heterocycles. The zero-order chi connectivity index (χ0) is 21.3. The van der Waals surface area contributed by atoms with Crippen LogP contribution in [-0.2, 0) is 11.3 Å². The minimum atomic E-state index is -0.0905. The van der Waals surface area contributed by atoms with Crippen LogP contribution in [0.5, 0.6) is 17.2 Å². The lowest BCUT2D eigenvalue weighted by Crippen LogP contribution is -2.24. The van der Waals surface area contributed by atoms with Gasteiger partial charge in [-0.15, -0.1) is 10.2 Å². The van der Waals surface area contributed by atoms with Crippen molar-refractivity contribution in [2.45, 2.75) is 10.9 Å². The average molecular weight is 447 g/mol. The largest absolute Gasteiger partial charge is 0.497 e. The van der Waals surface area contributed by atoms with Crippen LogP contribution < -0.4 is 24.8 Å². The third-order valence-corrected chi connectivity index (χ3v) is 5.96. The number of nitrogens with one attached hydrogen (secondary N) is 2. The van der Waals surface area contributed by atoms with Gasteiger partial charge in [0.15, 0.2) is 15.8 Å². The Labute approximate surface area is 183 Å². The second-order valence-electron chi connectivity index (χ2n) is 5.98. The van der Waals surface area contributed by atoms with E-state index in [0.717, 1.165) is 17.0 Å². The first-order chi connectivity index (χ1) is 14.6. The van der Waals surface area contributed by atoms with Gasteiger partial charge >= 0.3 is 0 Å². The van der Waals surface area contributed by atoms with E-state index in [2.05, 4.69) is 20.8 Å². The zero-order valence-electron chi connectivity index (χ0n) is 16.8. The fourth-order valence-electron chi connectivity index (χ4n) is 2.51. The highest BCUT2D eigenvalue weighted by Gasteiger charge is 2.10. The van der Waals surface area contributed by atoms with E-state index in [4.69, 9.17) is 14.2 Å². The molecule has 3 rings (SSSR count). The molecule has 8 nitrogen and oxygen atoms in total. The van der Waals surface area contributed by atoms with Gasteiger partial charge in [0.2, 0.25) is 11.0 Å². The van der Waals surface area contributed by atoms with Crippen LogP contribution in [0.2, 0.25) is 0 Å². The molecule has 2 N–H and O–H groups in total. The molecule has 0 fully saturated rings. The van der Waals surface area contributed by atoms with E-state index in [0.29, 0.717) is 27.5 Å². The summed E-state index contributed by atoms with van der Waals surface area (Å²) in [5, 5.41) is 14.9. The van der Waals surface area contributed by atoms with E-state index in [1.165, 1.54) is 23.1 Å². The molecular weight excluding hydrogens is 424 g/mol. The number of amides is 1. The fourth-order valence-corrected chi connectivity index (χ4v) is 4.11. The number of hydrogen-bond acceptors (Lipinski definition) is 9. The van der Waals surface area contributed by atoms with Crippen molar-refractivity contribution in [3.8, 4) is 17.2 Å². The number of ether oxygens (including phenoxy) is 3. The van der Waals surface area contributed by atoms with E-state index in [-0.39, 0.29) is 11.7 Å². The van der Waals surface area contributed by atoms with Gasteiger partial charge in [0, 0.05) is 18.3 Å². The molecule has 0 aliphatic rings. The molecule has 10 heteroatoms. The van der Waals surface area contributed by atoms with E-state index in [1.54, 1.807) is 21.3 Å². The summed E-state index contributed by atoms with van der Waals surface area (Å²) in [4.78, 5) is 12.2. The highest BCUT2D eigenvalue weighted by Crippen LogP contribution is 2.29. The third kappa shape index (κ3) is 6.01. The number of hydrogen-bond donors (Lipinski definition) is 2. The van der Waals surface area contributed by atoms with Crippen molar-refractivity contribution in [3.63, 3.8) is 0 Å². The van der Waals surface area contributed by atoms with Crippen molar-refractivity contribution in [1.82, 2.24) is 15.5 Å². The molecule has 158 valence electrons. The molecule has 1 amide bonds. The number of carbonyl (C=O) groups is 1. The quantitative estimate of drug-likeness (QED) is 0.455. The summed E-state index contributed by atoms with van der Waals surface area (Å²) in [6, 6.07) is 13.1. The summed E-state index contributed by atoms with van der Waals surface area (Å²) in [5.74, 6) is 2.19. The van der Waals surface area contributed by atoms with Crippen molar-refractivity contribution in [1.29, 1.82) is 0 Å². The van der Waals surface area contributed by atoms with Crippen LogP contribution in [0.15, 0.2) is 46.8 Å². The Morgan fingerprint density at radius 1 is 1.03 bits per heavy atom. The van der Waals surface area contributed by atoms with Gasteiger partial charge in [-0.1, -0.05) is 35.2 Å². The van der Waals surface area contributed by atoms with Crippen molar-refractivity contribution in [3.05, 3.63) is 48.0 Å². The van der Waals surface area contributed by atoms with Crippen LogP contribution in [0.25, 0.3) is 0 Å². The van der Waals surface area contributed by atoms with E-state index in [9.17, 15) is 4.79 Å². The molecule has 0 bridgehead atoms. The van der Waals surface area contributed by atoms with Gasteiger partial charge in [0.05, 0.1) is 27.1 Å². The van der Waals surface area contributed by atoms with Crippen LogP contribution >= 0.6 is 23.1 Å². The van der Waals surface area contributed by atoms with Crippen LogP contribution in [0.4, 0.5) is 10.8 Å². The van der Waals surface area contributed by atoms with Gasteiger partial charge in [-0.3, -0.25) is 4.79 Å². The van der Waals surface area contributed by atoms with Gasteiger partial charge in [0.1, 0.15) is 5.75 Å². The minimum Gasteiger partial charge on any atom is -0.497 e. The lowest BCUT2D eigenvalue weighted by molar-refractivity contribution is -0.118. The summed E-state index contributed by atoms with van der Waals surface area (Å²) in [7, 11) is 4.78. The molecule has 0 aliphatic carbocycles. The highest BCUT2D eigenvalue weighted by atomic mass is 32.2. The summed E-state index contributed by atoms with van der Waals surface area (Å²) in [6.45, 7) is 0.401. The van der Waals surface area contributed by atoms with Crippen LogP contribution in [0.1, 0.15) is 5.56 Å². The Hall–Kier alpha value is -2.98. The molecule has 0 unspecified atom stereocenters. The molecule has 0 atom stereocenters. The van der Waals surface area contributed by atoms with Crippen molar-refractivity contribution < 1.29 is 19.0 Å². The Kier molecular flexibility index (Phi) is 7.75. The number of carbonyl (C=O) groups excluding carboxylic acids is 1. The number of thioether (sulfide) groups is 1. The summed E-state index contributed by atoms with van der Waals surface area (Å²) < 4.78 is 16.4.